The first-order valence-electron chi connectivity index (χ1n) is 9.99. The Hall–Kier alpha value is -2.79. The van der Waals surface area contributed by atoms with Gasteiger partial charge < -0.3 is 15.4 Å². The molecule has 158 valence electrons. The SMILES string of the molecule is CCC(Cl)C(=O)Nc1cccc(C(=O)/C=C2\NC(C)(C)Cc3ccc(OC)cc32)c1. The first-order valence-corrected chi connectivity index (χ1v) is 10.4. The number of benzene rings is 2. The van der Waals surface area contributed by atoms with E-state index < -0.39 is 5.38 Å². The zero-order valence-corrected chi connectivity index (χ0v) is 18.5. The summed E-state index contributed by atoms with van der Waals surface area (Å²) in [5, 5.41) is 5.62. The number of amides is 1. The summed E-state index contributed by atoms with van der Waals surface area (Å²) in [6.45, 7) is 6.05. The second kappa shape index (κ2) is 8.92. The Kier molecular flexibility index (Phi) is 6.52. The van der Waals surface area contributed by atoms with Gasteiger partial charge in [0.2, 0.25) is 5.91 Å². The van der Waals surface area contributed by atoms with Crippen molar-refractivity contribution in [3.8, 4) is 5.75 Å². The highest BCUT2D eigenvalue weighted by Crippen LogP contribution is 2.32. The summed E-state index contributed by atoms with van der Waals surface area (Å²) >= 11 is 5.99. The number of carbonyl (C=O) groups is 2. The zero-order chi connectivity index (χ0) is 21.9. The molecule has 0 saturated heterocycles. The number of hydrogen-bond acceptors (Lipinski definition) is 4. The molecule has 1 heterocycles. The van der Waals surface area contributed by atoms with Crippen LogP contribution in [0.25, 0.3) is 5.70 Å². The van der Waals surface area contributed by atoms with Crippen molar-refractivity contribution in [2.24, 2.45) is 0 Å². The fourth-order valence-electron chi connectivity index (χ4n) is 3.52. The smallest absolute Gasteiger partial charge is 0.242 e. The standard InChI is InChI=1S/C24H27ClN2O3/c1-5-20(25)23(29)26-17-8-6-7-15(11-17)22(28)13-21-19-12-18(30-4)10-9-16(19)14-24(2,3)27-21/h6-13,20,27H,5,14H2,1-4H3,(H,26,29)/b21-13-. The molecule has 1 atom stereocenters. The second-order valence-electron chi connectivity index (χ2n) is 8.08. The molecule has 1 unspecified atom stereocenters. The summed E-state index contributed by atoms with van der Waals surface area (Å²) in [5.74, 6) is 0.307. The second-order valence-corrected chi connectivity index (χ2v) is 8.60. The lowest BCUT2D eigenvalue weighted by molar-refractivity contribution is -0.115. The molecule has 0 aromatic heterocycles. The highest BCUT2D eigenvalue weighted by Gasteiger charge is 2.28. The topological polar surface area (TPSA) is 67.4 Å². The number of ketones is 1. The van der Waals surface area contributed by atoms with E-state index in [-0.39, 0.29) is 17.2 Å². The molecule has 30 heavy (non-hydrogen) atoms. The molecule has 1 aliphatic rings. The summed E-state index contributed by atoms with van der Waals surface area (Å²) in [7, 11) is 1.63. The fraction of sp³-hybridized carbons (Fsp3) is 0.333. The number of nitrogens with one attached hydrogen (secondary N) is 2. The lowest BCUT2D eigenvalue weighted by atomic mass is 9.85. The molecule has 0 fully saturated rings. The quantitative estimate of drug-likeness (QED) is 0.395. The molecule has 2 aromatic carbocycles. The van der Waals surface area contributed by atoms with Crippen molar-refractivity contribution >= 4 is 34.7 Å². The molecule has 1 amide bonds. The fourth-order valence-corrected chi connectivity index (χ4v) is 3.58. The Labute approximate surface area is 182 Å². The molecule has 0 saturated carbocycles. The maximum absolute atomic E-state index is 13.0. The van der Waals surface area contributed by atoms with Crippen molar-refractivity contribution in [3.63, 3.8) is 0 Å². The van der Waals surface area contributed by atoms with E-state index in [1.165, 1.54) is 0 Å². The Morgan fingerprint density at radius 3 is 2.73 bits per heavy atom. The molecule has 1 aliphatic heterocycles. The number of anilines is 1. The number of carbonyl (C=O) groups excluding carboxylic acids is 2. The summed E-state index contributed by atoms with van der Waals surface area (Å²) in [4.78, 5) is 25.1. The van der Waals surface area contributed by atoms with Gasteiger partial charge >= 0.3 is 0 Å². The Balaban J connectivity index is 1.91. The number of rotatable bonds is 6. The van der Waals surface area contributed by atoms with Gasteiger partial charge in [-0.05, 0) is 56.5 Å². The number of ether oxygens (including phenoxy) is 1. The third-order valence-corrected chi connectivity index (χ3v) is 5.55. The van der Waals surface area contributed by atoms with E-state index in [1.54, 1.807) is 37.5 Å². The molecule has 2 N–H and O–H groups in total. The van der Waals surface area contributed by atoms with Crippen LogP contribution in [-0.2, 0) is 11.2 Å². The van der Waals surface area contributed by atoms with Crippen molar-refractivity contribution in [1.29, 1.82) is 0 Å². The highest BCUT2D eigenvalue weighted by atomic mass is 35.5. The first-order chi connectivity index (χ1) is 14.2. The van der Waals surface area contributed by atoms with Crippen molar-refractivity contribution in [2.75, 3.05) is 12.4 Å². The number of fused-ring (bicyclic) bond motifs is 1. The van der Waals surface area contributed by atoms with Crippen LogP contribution in [0.4, 0.5) is 5.69 Å². The minimum atomic E-state index is -0.605. The monoisotopic (exact) mass is 426 g/mol. The summed E-state index contributed by atoms with van der Waals surface area (Å²) < 4.78 is 5.36. The number of hydrogen-bond donors (Lipinski definition) is 2. The van der Waals surface area contributed by atoms with Crippen LogP contribution in [0.5, 0.6) is 5.75 Å². The van der Waals surface area contributed by atoms with Crippen LogP contribution in [0, 0.1) is 0 Å². The maximum Gasteiger partial charge on any atom is 0.242 e. The van der Waals surface area contributed by atoms with Gasteiger partial charge in [-0.15, -0.1) is 11.6 Å². The normalized spacial score (nSPS) is 16.9. The largest absolute Gasteiger partial charge is 0.497 e. The maximum atomic E-state index is 13.0. The van der Waals surface area contributed by atoms with E-state index in [0.29, 0.717) is 17.7 Å². The van der Waals surface area contributed by atoms with E-state index in [9.17, 15) is 9.59 Å². The van der Waals surface area contributed by atoms with Crippen LogP contribution in [-0.4, -0.2) is 29.7 Å². The van der Waals surface area contributed by atoms with Gasteiger partial charge in [-0.3, -0.25) is 9.59 Å². The molecule has 2 aromatic rings. The Bertz CT molecular complexity index is 998. The van der Waals surface area contributed by atoms with E-state index in [4.69, 9.17) is 16.3 Å². The minimum absolute atomic E-state index is 0.155. The average molecular weight is 427 g/mol. The third-order valence-electron chi connectivity index (χ3n) is 5.05. The molecule has 0 bridgehead atoms. The molecule has 0 spiro atoms. The van der Waals surface area contributed by atoms with Crippen LogP contribution in [0.1, 0.15) is 48.7 Å². The van der Waals surface area contributed by atoms with Gasteiger partial charge in [0, 0.05) is 34.1 Å². The van der Waals surface area contributed by atoms with Crippen molar-refractivity contribution in [3.05, 3.63) is 65.2 Å². The summed E-state index contributed by atoms with van der Waals surface area (Å²) in [6, 6.07) is 12.8. The third kappa shape index (κ3) is 5.03. The van der Waals surface area contributed by atoms with E-state index >= 15 is 0 Å². The van der Waals surface area contributed by atoms with Crippen LogP contribution in [0.2, 0.25) is 0 Å². The first kappa shape index (κ1) is 21.9. The van der Waals surface area contributed by atoms with Crippen molar-refractivity contribution < 1.29 is 14.3 Å². The zero-order valence-electron chi connectivity index (χ0n) is 17.7. The number of alkyl halides is 1. The van der Waals surface area contributed by atoms with Gasteiger partial charge in [0.1, 0.15) is 11.1 Å². The Morgan fingerprint density at radius 2 is 2.03 bits per heavy atom. The van der Waals surface area contributed by atoms with Crippen LogP contribution in [0.3, 0.4) is 0 Å². The van der Waals surface area contributed by atoms with Gasteiger partial charge in [0.25, 0.3) is 0 Å². The molecular weight excluding hydrogens is 400 g/mol. The van der Waals surface area contributed by atoms with Crippen molar-refractivity contribution in [1.82, 2.24) is 5.32 Å². The number of methoxy groups -OCH3 is 1. The average Bonchev–Trinajstić information content (AvgIpc) is 2.72. The molecule has 0 radical (unpaired) electrons. The lowest BCUT2D eigenvalue weighted by Gasteiger charge is -2.35. The van der Waals surface area contributed by atoms with Gasteiger partial charge in [-0.2, -0.15) is 0 Å². The number of halogens is 1. The van der Waals surface area contributed by atoms with Crippen molar-refractivity contribution in [2.45, 2.75) is 44.5 Å². The molecule has 5 nitrogen and oxygen atoms in total. The summed E-state index contributed by atoms with van der Waals surface area (Å²) in [6.07, 6.45) is 2.98. The van der Waals surface area contributed by atoms with E-state index in [2.05, 4.69) is 24.5 Å². The Morgan fingerprint density at radius 1 is 1.27 bits per heavy atom. The summed E-state index contributed by atoms with van der Waals surface area (Å²) in [5.41, 5.74) is 3.72. The molecule has 3 rings (SSSR count). The van der Waals surface area contributed by atoms with Gasteiger partial charge in [-0.25, -0.2) is 0 Å². The van der Waals surface area contributed by atoms with Crippen LogP contribution in [0.15, 0.2) is 48.5 Å². The van der Waals surface area contributed by atoms with Gasteiger partial charge in [0.15, 0.2) is 5.78 Å². The van der Waals surface area contributed by atoms with Crippen LogP contribution >= 0.6 is 11.6 Å². The van der Waals surface area contributed by atoms with E-state index in [1.807, 2.05) is 25.1 Å². The van der Waals surface area contributed by atoms with Gasteiger partial charge in [-0.1, -0.05) is 25.1 Å². The molecule has 6 heteroatoms. The number of allylic oxidation sites excluding steroid dienone is 1. The molecular formula is C24H27ClN2O3. The molecule has 0 aliphatic carbocycles. The predicted octanol–water partition coefficient (Wildman–Crippen LogP) is 4.80. The van der Waals surface area contributed by atoms with E-state index in [0.717, 1.165) is 29.0 Å². The van der Waals surface area contributed by atoms with Gasteiger partial charge in [0.05, 0.1) is 7.11 Å². The predicted molar refractivity (Wildman–Crippen MR) is 121 cm³/mol. The van der Waals surface area contributed by atoms with Crippen LogP contribution < -0.4 is 15.4 Å². The highest BCUT2D eigenvalue weighted by molar-refractivity contribution is 6.32. The minimum Gasteiger partial charge on any atom is -0.497 e. The lowest BCUT2D eigenvalue weighted by Crippen LogP contribution is -2.43.